The number of sulfonamides is 1. The van der Waals surface area contributed by atoms with Crippen molar-refractivity contribution in [3.63, 3.8) is 0 Å². The Hall–Kier alpha value is -2.97. The van der Waals surface area contributed by atoms with Crippen molar-refractivity contribution in [2.24, 2.45) is 0 Å². The molecule has 134 valence electrons. The Bertz CT molecular complexity index is 1030. The first-order chi connectivity index (χ1) is 12.4. The lowest BCUT2D eigenvalue weighted by Crippen LogP contribution is -2.23. The zero-order chi connectivity index (χ0) is 18.7. The first kappa shape index (κ1) is 17.8. The molecule has 0 atom stereocenters. The second-order valence-corrected chi connectivity index (χ2v) is 7.46. The predicted octanol–water partition coefficient (Wildman–Crippen LogP) is 2.36. The average molecular weight is 371 g/mol. The number of carboxylic acids is 1. The van der Waals surface area contributed by atoms with E-state index in [1.807, 2.05) is 0 Å². The van der Waals surface area contributed by atoms with E-state index < -0.39 is 16.0 Å². The smallest absolute Gasteiger partial charge is 0.354 e. The van der Waals surface area contributed by atoms with Gasteiger partial charge < -0.3 is 5.11 Å². The van der Waals surface area contributed by atoms with Crippen LogP contribution in [0.1, 0.15) is 21.7 Å². The van der Waals surface area contributed by atoms with Gasteiger partial charge in [0.15, 0.2) is 5.69 Å². The maximum Gasteiger partial charge on any atom is 0.354 e. The Morgan fingerprint density at radius 2 is 1.77 bits per heavy atom. The first-order valence-electron chi connectivity index (χ1n) is 7.81. The molecule has 0 saturated carbocycles. The molecule has 2 N–H and O–H groups in total. The van der Waals surface area contributed by atoms with Gasteiger partial charge in [-0.1, -0.05) is 30.3 Å². The number of aryl methyl sites for hydroxylation is 1. The van der Waals surface area contributed by atoms with Crippen LogP contribution in [0, 0.1) is 6.92 Å². The van der Waals surface area contributed by atoms with Crippen molar-refractivity contribution in [3.8, 4) is 5.69 Å². The van der Waals surface area contributed by atoms with Crippen LogP contribution in [0.25, 0.3) is 5.69 Å². The quantitative estimate of drug-likeness (QED) is 0.693. The maximum atomic E-state index is 12.2. The molecular weight excluding hydrogens is 354 g/mol. The van der Waals surface area contributed by atoms with E-state index in [1.165, 1.54) is 22.9 Å². The van der Waals surface area contributed by atoms with Gasteiger partial charge in [-0.15, -0.1) is 0 Å². The first-order valence-corrected chi connectivity index (χ1v) is 9.29. The molecule has 3 rings (SSSR count). The van der Waals surface area contributed by atoms with Crippen LogP contribution in [0.5, 0.6) is 0 Å². The van der Waals surface area contributed by atoms with Gasteiger partial charge >= 0.3 is 5.97 Å². The van der Waals surface area contributed by atoms with Crippen molar-refractivity contribution in [1.82, 2.24) is 14.5 Å². The van der Waals surface area contributed by atoms with E-state index in [-0.39, 0.29) is 17.1 Å². The molecular formula is C18H17N3O4S. The Balaban J connectivity index is 1.76. The number of aromatic nitrogens is 2. The summed E-state index contributed by atoms with van der Waals surface area (Å²) in [6.45, 7) is 1.84. The summed E-state index contributed by atoms with van der Waals surface area (Å²) in [7, 11) is -3.58. The molecule has 0 unspecified atom stereocenters. The monoisotopic (exact) mass is 371 g/mol. The van der Waals surface area contributed by atoms with Gasteiger partial charge in [0.2, 0.25) is 10.0 Å². The molecule has 1 heterocycles. The molecule has 0 bridgehead atoms. The van der Waals surface area contributed by atoms with Gasteiger partial charge in [0.25, 0.3) is 0 Å². The van der Waals surface area contributed by atoms with Gasteiger partial charge in [0, 0.05) is 6.54 Å². The highest BCUT2D eigenvalue weighted by atomic mass is 32.2. The number of carbonyl (C=O) groups is 1. The normalized spacial score (nSPS) is 11.4. The van der Waals surface area contributed by atoms with Crippen LogP contribution < -0.4 is 4.72 Å². The number of carboxylic acid groups (broad SMARTS) is 1. The highest BCUT2D eigenvalue weighted by molar-refractivity contribution is 7.89. The molecule has 0 spiro atoms. The Morgan fingerprint density at radius 1 is 1.12 bits per heavy atom. The van der Waals surface area contributed by atoms with Gasteiger partial charge in [-0.2, -0.15) is 5.10 Å². The lowest BCUT2D eigenvalue weighted by Gasteiger charge is -2.08. The topological polar surface area (TPSA) is 101 Å². The zero-order valence-corrected chi connectivity index (χ0v) is 14.8. The molecule has 1 aromatic heterocycles. The van der Waals surface area contributed by atoms with Crippen LogP contribution in [0.15, 0.2) is 65.6 Å². The van der Waals surface area contributed by atoms with E-state index in [1.54, 1.807) is 49.4 Å². The zero-order valence-electron chi connectivity index (χ0n) is 14.0. The van der Waals surface area contributed by atoms with Crippen molar-refractivity contribution < 1.29 is 18.3 Å². The van der Waals surface area contributed by atoms with Crippen LogP contribution in [0.2, 0.25) is 0 Å². The number of nitrogens with one attached hydrogen (secondary N) is 1. The van der Waals surface area contributed by atoms with Crippen LogP contribution in [0.4, 0.5) is 0 Å². The van der Waals surface area contributed by atoms with Gasteiger partial charge in [-0.05, 0) is 42.8 Å². The van der Waals surface area contributed by atoms with Gasteiger partial charge in [0.1, 0.15) is 0 Å². The predicted molar refractivity (Wildman–Crippen MR) is 95.7 cm³/mol. The largest absolute Gasteiger partial charge is 0.477 e. The number of benzene rings is 2. The molecule has 0 aliphatic heterocycles. The fraction of sp³-hybridized carbons (Fsp3) is 0.111. The summed E-state index contributed by atoms with van der Waals surface area (Å²) in [5.41, 5.74) is 2.00. The van der Waals surface area contributed by atoms with Crippen molar-refractivity contribution in [2.45, 2.75) is 18.4 Å². The molecule has 0 aliphatic rings. The molecule has 0 saturated heterocycles. The van der Waals surface area contributed by atoms with Gasteiger partial charge in [0.05, 0.1) is 16.3 Å². The van der Waals surface area contributed by atoms with Gasteiger partial charge in [-0.3, -0.25) is 0 Å². The van der Waals surface area contributed by atoms with E-state index in [0.29, 0.717) is 11.4 Å². The summed E-state index contributed by atoms with van der Waals surface area (Å²) in [5, 5.41) is 13.4. The molecule has 7 nitrogen and oxygen atoms in total. The summed E-state index contributed by atoms with van der Waals surface area (Å²) in [6.07, 6.45) is 0. The lowest BCUT2D eigenvalue weighted by atomic mass is 10.2. The molecule has 8 heteroatoms. The summed E-state index contributed by atoms with van der Waals surface area (Å²) >= 11 is 0. The number of hydrogen-bond donors (Lipinski definition) is 2. The average Bonchev–Trinajstić information content (AvgIpc) is 3.03. The second kappa shape index (κ2) is 7.11. The van der Waals surface area contributed by atoms with Crippen molar-refractivity contribution >= 4 is 16.0 Å². The van der Waals surface area contributed by atoms with Crippen molar-refractivity contribution in [1.29, 1.82) is 0 Å². The van der Waals surface area contributed by atoms with Crippen LogP contribution in [0.3, 0.4) is 0 Å². The number of nitrogens with zero attached hydrogens (tertiary/aromatic N) is 2. The van der Waals surface area contributed by atoms with Crippen molar-refractivity contribution in [3.05, 3.63) is 77.6 Å². The van der Waals surface area contributed by atoms with E-state index in [9.17, 15) is 18.3 Å². The summed E-state index contributed by atoms with van der Waals surface area (Å²) < 4.78 is 28.3. The Morgan fingerprint density at radius 3 is 2.38 bits per heavy atom. The molecule has 0 aliphatic carbocycles. The number of hydrogen-bond acceptors (Lipinski definition) is 4. The molecule has 0 fully saturated rings. The number of aromatic carboxylic acids is 1. The third-order valence-electron chi connectivity index (χ3n) is 3.75. The SMILES string of the molecule is Cc1cc(C(=O)O)n(-c2ccc(CNS(=O)(=O)c3ccccc3)cc2)n1. The van der Waals surface area contributed by atoms with E-state index in [2.05, 4.69) is 9.82 Å². The summed E-state index contributed by atoms with van der Waals surface area (Å²) in [4.78, 5) is 11.5. The molecule has 3 aromatic rings. The van der Waals surface area contributed by atoms with Crippen LogP contribution >= 0.6 is 0 Å². The third-order valence-corrected chi connectivity index (χ3v) is 5.17. The van der Waals surface area contributed by atoms with Crippen LogP contribution in [-0.2, 0) is 16.6 Å². The molecule has 2 aromatic carbocycles. The summed E-state index contributed by atoms with van der Waals surface area (Å²) in [6, 6.07) is 16.5. The third kappa shape index (κ3) is 3.81. The molecule has 0 radical (unpaired) electrons. The summed E-state index contributed by atoms with van der Waals surface area (Å²) in [5.74, 6) is -1.06. The lowest BCUT2D eigenvalue weighted by molar-refractivity contribution is 0.0687. The highest BCUT2D eigenvalue weighted by Crippen LogP contribution is 2.15. The Kier molecular flexibility index (Phi) is 4.88. The van der Waals surface area contributed by atoms with Gasteiger partial charge in [-0.25, -0.2) is 22.6 Å². The minimum Gasteiger partial charge on any atom is -0.477 e. The molecule has 0 amide bonds. The second-order valence-electron chi connectivity index (χ2n) is 5.69. The maximum absolute atomic E-state index is 12.2. The minimum absolute atomic E-state index is 0.0695. The fourth-order valence-electron chi connectivity index (χ4n) is 2.46. The molecule has 26 heavy (non-hydrogen) atoms. The van der Waals surface area contributed by atoms with E-state index in [4.69, 9.17) is 0 Å². The van der Waals surface area contributed by atoms with E-state index in [0.717, 1.165) is 5.56 Å². The standard InChI is InChI=1S/C18H17N3O4S/c1-13-11-17(18(22)23)21(20-13)15-9-7-14(8-10-15)12-19-26(24,25)16-5-3-2-4-6-16/h2-11,19H,12H2,1H3,(H,22,23). The van der Waals surface area contributed by atoms with Crippen LogP contribution in [-0.4, -0.2) is 29.3 Å². The minimum atomic E-state index is -3.58. The van der Waals surface area contributed by atoms with Crippen molar-refractivity contribution in [2.75, 3.05) is 0 Å². The highest BCUT2D eigenvalue weighted by Gasteiger charge is 2.15. The van der Waals surface area contributed by atoms with E-state index >= 15 is 0 Å². The Labute approximate surface area is 151 Å². The fourth-order valence-corrected chi connectivity index (χ4v) is 3.50. The number of rotatable bonds is 6.